The Morgan fingerprint density at radius 3 is 2.79 bits per heavy atom. The Bertz CT molecular complexity index is 693. The fraction of sp³-hybridized carbons (Fsp3) is 0.450. The minimum absolute atomic E-state index is 0.0835. The van der Waals surface area contributed by atoms with Gasteiger partial charge < -0.3 is 14.6 Å². The van der Waals surface area contributed by atoms with Gasteiger partial charge in [-0.25, -0.2) is 0 Å². The Kier molecular flexibility index (Phi) is 5.70. The lowest BCUT2D eigenvalue weighted by Gasteiger charge is -2.30. The van der Waals surface area contributed by atoms with E-state index in [1.54, 1.807) is 12.3 Å². The van der Waals surface area contributed by atoms with Gasteiger partial charge in [-0.15, -0.1) is 0 Å². The van der Waals surface area contributed by atoms with Gasteiger partial charge in [0.15, 0.2) is 0 Å². The Hall–Kier alpha value is -2.07. The highest BCUT2D eigenvalue weighted by molar-refractivity contribution is 5.63. The number of H-pyrrole nitrogens is 1. The summed E-state index contributed by atoms with van der Waals surface area (Å²) in [5, 5.41) is 0. The molecular formula is C20H26N2O2. The molecule has 4 heteroatoms. The van der Waals surface area contributed by atoms with E-state index >= 15 is 0 Å². The highest BCUT2D eigenvalue weighted by Gasteiger charge is 2.15. The molecule has 3 rings (SSSR count). The number of pyridine rings is 1. The molecule has 24 heavy (non-hydrogen) atoms. The Labute approximate surface area is 143 Å². The van der Waals surface area contributed by atoms with E-state index in [0.717, 1.165) is 42.4 Å². The van der Waals surface area contributed by atoms with Crippen molar-refractivity contribution in [1.82, 2.24) is 9.88 Å². The SMILES string of the molecule is C[C@H]1CCCN(CCCOc2ccc(-c3cc[nH]c(=O)c3)cc2)C1. The molecule has 128 valence electrons. The second-order valence-corrected chi connectivity index (χ2v) is 6.72. The molecular weight excluding hydrogens is 300 g/mol. The van der Waals surface area contributed by atoms with Gasteiger partial charge in [0.25, 0.3) is 0 Å². The molecule has 0 bridgehead atoms. The van der Waals surface area contributed by atoms with Crippen LogP contribution in [-0.2, 0) is 0 Å². The van der Waals surface area contributed by atoms with E-state index in [1.165, 1.54) is 25.9 Å². The maximum Gasteiger partial charge on any atom is 0.248 e. The van der Waals surface area contributed by atoms with Crippen LogP contribution in [0.1, 0.15) is 26.2 Å². The molecule has 0 spiro atoms. The van der Waals surface area contributed by atoms with Crippen molar-refractivity contribution in [3.63, 3.8) is 0 Å². The maximum absolute atomic E-state index is 11.4. The predicted octanol–water partition coefficient (Wildman–Crippen LogP) is 3.54. The molecule has 0 saturated carbocycles. The number of benzene rings is 1. The molecule has 0 radical (unpaired) electrons. The summed E-state index contributed by atoms with van der Waals surface area (Å²) in [7, 11) is 0. The largest absolute Gasteiger partial charge is 0.494 e. The van der Waals surface area contributed by atoms with Crippen LogP contribution in [0, 0.1) is 5.92 Å². The molecule has 0 amide bonds. The van der Waals surface area contributed by atoms with Crippen molar-refractivity contribution in [2.75, 3.05) is 26.2 Å². The molecule has 1 N–H and O–H groups in total. The fourth-order valence-corrected chi connectivity index (χ4v) is 3.34. The van der Waals surface area contributed by atoms with E-state index in [2.05, 4.69) is 16.8 Å². The lowest BCUT2D eigenvalue weighted by Crippen LogP contribution is -2.35. The average molecular weight is 326 g/mol. The summed E-state index contributed by atoms with van der Waals surface area (Å²) in [5.74, 6) is 1.72. The molecule has 1 aromatic carbocycles. The number of piperidine rings is 1. The van der Waals surface area contributed by atoms with Crippen LogP contribution in [0.4, 0.5) is 0 Å². The van der Waals surface area contributed by atoms with Crippen molar-refractivity contribution >= 4 is 0 Å². The molecule has 4 nitrogen and oxygen atoms in total. The standard InChI is InChI=1S/C20H26N2O2/c1-16-4-2-11-22(15-16)12-3-13-24-19-7-5-17(6-8-19)18-9-10-21-20(23)14-18/h5-10,14,16H,2-4,11-13,15H2,1H3,(H,21,23)/t16-/m0/s1. The highest BCUT2D eigenvalue weighted by atomic mass is 16.5. The molecule has 0 aliphatic carbocycles. The van der Waals surface area contributed by atoms with Crippen molar-refractivity contribution in [2.24, 2.45) is 5.92 Å². The number of rotatable bonds is 6. The lowest BCUT2D eigenvalue weighted by molar-refractivity contribution is 0.170. The number of hydrogen-bond donors (Lipinski definition) is 1. The molecule has 0 unspecified atom stereocenters. The van der Waals surface area contributed by atoms with E-state index in [1.807, 2.05) is 30.3 Å². The average Bonchev–Trinajstić information content (AvgIpc) is 2.59. The number of nitrogens with one attached hydrogen (secondary N) is 1. The van der Waals surface area contributed by atoms with Crippen LogP contribution in [0.2, 0.25) is 0 Å². The van der Waals surface area contributed by atoms with Gasteiger partial charge in [0.1, 0.15) is 5.75 Å². The quantitative estimate of drug-likeness (QED) is 0.826. The number of nitrogens with zero attached hydrogens (tertiary/aromatic N) is 1. The van der Waals surface area contributed by atoms with Crippen LogP contribution in [0.3, 0.4) is 0 Å². The molecule has 1 aliphatic heterocycles. The minimum atomic E-state index is -0.0835. The summed E-state index contributed by atoms with van der Waals surface area (Å²) >= 11 is 0. The number of aromatic nitrogens is 1. The highest BCUT2D eigenvalue weighted by Crippen LogP contribution is 2.21. The van der Waals surface area contributed by atoms with Crippen molar-refractivity contribution in [2.45, 2.75) is 26.2 Å². The summed E-state index contributed by atoms with van der Waals surface area (Å²) < 4.78 is 5.84. The first kappa shape index (κ1) is 16.8. The number of hydrogen-bond acceptors (Lipinski definition) is 3. The zero-order chi connectivity index (χ0) is 16.8. The van der Waals surface area contributed by atoms with E-state index in [-0.39, 0.29) is 5.56 Å². The van der Waals surface area contributed by atoms with Crippen LogP contribution < -0.4 is 10.3 Å². The zero-order valence-electron chi connectivity index (χ0n) is 14.3. The second-order valence-electron chi connectivity index (χ2n) is 6.72. The Morgan fingerprint density at radius 1 is 1.21 bits per heavy atom. The molecule has 1 fully saturated rings. The normalized spacial score (nSPS) is 18.5. The van der Waals surface area contributed by atoms with Crippen molar-refractivity contribution < 1.29 is 4.74 Å². The summed E-state index contributed by atoms with van der Waals surface area (Å²) in [4.78, 5) is 16.6. The summed E-state index contributed by atoms with van der Waals surface area (Å²) in [6.45, 7) is 6.66. The van der Waals surface area contributed by atoms with E-state index in [9.17, 15) is 4.79 Å². The van der Waals surface area contributed by atoms with Crippen LogP contribution >= 0.6 is 0 Å². The first-order valence-electron chi connectivity index (χ1n) is 8.85. The Morgan fingerprint density at radius 2 is 2.04 bits per heavy atom. The summed E-state index contributed by atoms with van der Waals surface area (Å²) in [6.07, 6.45) is 5.42. The van der Waals surface area contributed by atoms with Crippen LogP contribution in [0.25, 0.3) is 11.1 Å². The van der Waals surface area contributed by atoms with E-state index in [4.69, 9.17) is 4.74 Å². The first-order valence-corrected chi connectivity index (χ1v) is 8.85. The third kappa shape index (κ3) is 4.71. The fourth-order valence-electron chi connectivity index (χ4n) is 3.34. The summed E-state index contributed by atoms with van der Waals surface area (Å²) in [6, 6.07) is 11.4. The minimum Gasteiger partial charge on any atom is -0.494 e. The molecule has 1 aromatic heterocycles. The molecule has 1 aliphatic rings. The van der Waals surface area contributed by atoms with Crippen molar-refractivity contribution in [3.8, 4) is 16.9 Å². The molecule has 1 saturated heterocycles. The zero-order valence-corrected chi connectivity index (χ0v) is 14.3. The number of aromatic amines is 1. The number of ether oxygens (including phenoxy) is 1. The first-order chi connectivity index (χ1) is 11.7. The van der Waals surface area contributed by atoms with Gasteiger partial charge in [-0.05, 0) is 61.1 Å². The van der Waals surface area contributed by atoms with Gasteiger partial charge in [0.05, 0.1) is 6.61 Å². The second kappa shape index (κ2) is 8.15. The molecule has 2 heterocycles. The molecule has 2 aromatic rings. The third-order valence-corrected chi connectivity index (χ3v) is 4.59. The van der Waals surface area contributed by atoms with Gasteiger partial charge in [0.2, 0.25) is 5.56 Å². The van der Waals surface area contributed by atoms with Crippen LogP contribution in [0.5, 0.6) is 5.75 Å². The van der Waals surface area contributed by atoms with Crippen molar-refractivity contribution in [1.29, 1.82) is 0 Å². The van der Waals surface area contributed by atoms with Gasteiger partial charge in [-0.1, -0.05) is 19.1 Å². The van der Waals surface area contributed by atoms with Crippen molar-refractivity contribution in [3.05, 3.63) is 52.9 Å². The lowest BCUT2D eigenvalue weighted by atomic mass is 10.0. The van der Waals surface area contributed by atoms with Crippen LogP contribution in [0.15, 0.2) is 47.4 Å². The maximum atomic E-state index is 11.4. The Balaban J connectivity index is 1.45. The van der Waals surface area contributed by atoms with E-state index < -0.39 is 0 Å². The van der Waals surface area contributed by atoms with Gasteiger partial charge in [0, 0.05) is 25.4 Å². The predicted molar refractivity (Wildman–Crippen MR) is 97.4 cm³/mol. The molecule has 1 atom stereocenters. The smallest absolute Gasteiger partial charge is 0.248 e. The van der Waals surface area contributed by atoms with Crippen LogP contribution in [-0.4, -0.2) is 36.1 Å². The van der Waals surface area contributed by atoms with Gasteiger partial charge >= 0.3 is 0 Å². The third-order valence-electron chi connectivity index (χ3n) is 4.59. The van der Waals surface area contributed by atoms with E-state index in [0.29, 0.717) is 0 Å². The van der Waals surface area contributed by atoms with Gasteiger partial charge in [-0.2, -0.15) is 0 Å². The topological polar surface area (TPSA) is 45.3 Å². The number of likely N-dealkylation sites (tertiary alicyclic amines) is 1. The summed E-state index contributed by atoms with van der Waals surface area (Å²) in [5.41, 5.74) is 1.86. The van der Waals surface area contributed by atoms with Gasteiger partial charge in [-0.3, -0.25) is 4.79 Å². The monoisotopic (exact) mass is 326 g/mol.